The van der Waals surface area contributed by atoms with Crippen LogP contribution < -0.4 is 4.74 Å². The van der Waals surface area contributed by atoms with E-state index in [1.54, 1.807) is 18.2 Å². The molecule has 2 N–H and O–H groups in total. The lowest BCUT2D eigenvalue weighted by Crippen LogP contribution is -2.21. The number of rotatable bonds is 4. The molecule has 0 fully saturated rings. The van der Waals surface area contributed by atoms with Gasteiger partial charge in [0.25, 0.3) is 0 Å². The maximum Gasteiger partial charge on any atom is 0.332 e. The molecule has 0 aliphatic carbocycles. The van der Waals surface area contributed by atoms with Crippen LogP contribution in [0, 0.1) is 0 Å². The van der Waals surface area contributed by atoms with Crippen LogP contribution in [0.4, 0.5) is 0 Å². The van der Waals surface area contributed by atoms with E-state index in [0.717, 1.165) is 4.47 Å². The molecule has 4 nitrogen and oxygen atoms in total. The molecule has 0 heterocycles. The highest BCUT2D eigenvalue weighted by molar-refractivity contribution is 9.10. The molecule has 1 aromatic carbocycles. The highest BCUT2D eigenvalue weighted by Crippen LogP contribution is 2.22. The van der Waals surface area contributed by atoms with Crippen LogP contribution in [0.15, 0.2) is 22.7 Å². The van der Waals surface area contributed by atoms with Crippen molar-refractivity contribution >= 4 is 21.9 Å². The Bertz CT molecular complexity index is 364. The topological polar surface area (TPSA) is 66.8 Å². The Morgan fingerprint density at radius 3 is 2.73 bits per heavy atom. The number of aliphatic carboxylic acids is 1. The van der Waals surface area contributed by atoms with E-state index in [9.17, 15) is 9.90 Å². The van der Waals surface area contributed by atoms with Gasteiger partial charge in [-0.3, -0.25) is 0 Å². The molecular formula is C10H11BrO4. The lowest BCUT2D eigenvalue weighted by Gasteiger charge is -2.08. The first-order chi connectivity index (χ1) is 7.02. The lowest BCUT2D eigenvalue weighted by molar-refractivity contribution is -0.146. The summed E-state index contributed by atoms with van der Waals surface area (Å²) in [7, 11) is 1.53. The second-order valence-corrected chi connectivity index (χ2v) is 3.97. The van der Waals surface area contributed by atoms with Crippen molar-refractivity contribution in [2.45, 2.75) is 12.5 Å². The summed E-state index contributed by atoms with van der Waals surface area (Å²) in [5.74, 6) is -0.606. The second-order valence-electron chi connectivity index (χ2n) is 3.06. The van der Waals surface area contributed by atoms with Crippen molar-refractivity contribution in [1.82, 2.24) is 0 Å². The molecule has 0 saturated heterocycles. The predicted molar refractivity (Wildman–Crippen MR) is 58.0 cm³/mol. The molecule has 1 rings (SSSR count). The molecule has 5 heteroatoms. The molecule has 0 aliphatic rings. The summed E-state index contributed by atoms with van der Waals surface area (Å²) in [4.78, 5) is 10.5. The largest absolute Gasteiger partial charge is 0.497 e. The fraction of sp³-hybridized carbons (Fsp3) is 0.300. The Labute approximate surface area is 95.6 Å². The van der Waals surface area contributed by atoms with Crippen LogP contribution in [-0.4, -0.2) is 29.4 Å². The number of aliphatic hydroxyl groups is 1. The molecule has 0 spiro atoms. The molecule has 15 heavy (non-hydrogen) atoms. The van der Waals surface area contributed by atoms with E-state index < -0.39 is 12.1 Å². The number of carboxylic acid groups (broad SMARTS) is 1. The van der Waals surface area contributed by atoms with E-state index >= 15 is 0 Å². The van der Waals surface area contributed by atoms with E-state index in [1.165, 1.54) is 7.11 Å². The van der Waals surface area contributed by atoms with E-state index in [-0.39, 0.29) is 6.42 Å². The number of hydrogen-bond donors (Lipinski definition) is 2. The monoisotopic (exact) mass is 274 g/mol. The minimum absolute atomic E-state index is 0.0606. The normalized spacial score (nSPS) is 12.2. The van der Waals surface area contributed by atoms with Gasteiger partial charge in [0.15, 0.2) is 6.10 Å². The summed E-state index contributed by atoms with van der Waals surface area (Å²) in [5.41, 5.74) is 0.705. The molecular weight excluding hydrogens is 264 g/mol. The number of aliphatic hydroxyl groups excluding tert-OH is 1. The Morgan fingerprint density at radius 1 is 1.53 bits per heavy atom. The molecule has 0 aromatic heterocycles. The standard InChI is InChI=1S/C10H11BrO4/c1-15-8-3-6(2-7(11)5-8)4-9(12)10(13)14/h2-3,5,9,12H,4H2,1H3,(H,13,14). The van der Waals surface area contributed by atoms with Crippen LogP contribution in [0.5, 0.6) is 5.75 Å². The van der Waals surface area contributed by atoms with Crippen LogP contribution in [0.25, 0.3) is 0 Å². The minimum Gasteiger partial charge on any atom is -0.497 e. The first-order valence-corrected chi connectivity index (χ1v) is 5.06. The van der Waals surface area contributed by atoms with Crippen molar-refractivity contribution in [3.8, 4) is 5.75 Å². The van der Waals surface area contributed by atoms with Crippen LogP contribution in [-0.2, 0) is 11.2 Å². The average Bonchev–Trinajstić information content (AvgIpc) is 2.16. The molecule has 82 valence electrons. The zero-order valence-electron chi connectivity index (χ0n) is 8.11. The number of benzene rings is 1. The van der Waals surface area contributed by atoms with E-state index in [1.807, 2.05) is 0 Å². The fourth-order valence-corrected chi connectivity index (χ4v) is 1.69. The van der Waals surface area contributed by atoms with Gasteiger partial charge in [-0.15, -0.1) is 0 Å². The van der Waals surface area contributed by atoms with Crippen LogP contribution >= 0.6 is 15.9 Å². The quantitative estimate of drug-likeness (QED) is 0.872. The first-order valence-electron chi connectivity index (χ1n) is 4.27. The van der Waals surface area contributed by atoms with Gasteiger partial charge in [-0.25, -0.2) is 4.79 Å². The van der Waals surface area contributed by atoms with Gasteiger partial charge < -0.3 is 14.9 Å². The number of halogens is 1. The van der Waals surface area contributed by atoms with E-state index in [4.69, 9.17) is 9.84 Å². The molecule has 1 aromatic rings. The molecule has 0 radical (unpaired) electrons. The van der Waals surface area contributed by atoms with Crippen molar-refractivity contribution in [2.75, 3.05) is 7.11 Å². The predicted octanol–water partition coefficient (Wildman–Crippen LogP) is 1.45. The maximum absolute atomic E-state index is 10.5. The van der Waals surface area contributed by atoms with Crippen molar-refractivity contribution < 1.29 is 19.7 Å². The summed E-state index contributed by atoms with van der Waals surface area (Å²) in [5, 5.41) is 17.7. The number of ether oxygens (including phenoxy) is 1. The van der Waals surface area contributed by atoms with Crippen molar-refractivity contribution in [2.24, 2.45) is 0 Å². The first kappa shape index (κ1) is 12.0. The maximum atomic E-state index is 10.5. The summed E-state index contributed by atoms with van der Waals surface area (Å²) in [6.07, 6.45) is -1.32. The van der Waals surface area contributed by atoms with Crippen molar-refractivity contribution in [1.29, 1.82) is 0 Å². The van der Waals surface area contributed by atoms with Crippen molar-refractivity contribution in [3.05, 3.63) is 28.2 Å². The number of methoxy groups -OCH3 is 1. The van der Waals surface area contributed by atoms with E-state index in [0.29, 0.717) is 11.3 Å². The van der Waals surface area contributed by atoms with Crippen LogP contribution in [0.2, 0.25) is 0 Å². The molecule has 0 amide bonds. The Balaban J connectivity index is 2.85. The molecule has 0 saturated carbocycles. The third kappa shape index (κ3) is 3.53. The SMILES string of the molecule is COc1cc(Br)cc(CC(O)C(=O)O)c1. The number of hydrogen-bond acceptors (Lipinski definition) is 3. The molecule has 1 atom stereocenters. The second kappa shape index (κ2) is 5.14. The molecule has 0 bridgehead atoms. The minimum atomic E-state index is -1.39. The van der Waals surface area contributed by atoms with Gasteiger partial charge in [0.1, 0.15) is 5.75 Å². The smallest absolute Gasteiger partial charge is 0.332 e. The molecule has 0 aliphatic heterocycles. The Morgan fingerprint density at radius 2 is 2.20 bits per heavy atom. The summed E-state index contributed by atoms with van der Waals surface area (Å²) >= 11 is 3.27. The number of carbonyl (C=O) groups is 1. The third-order valence-corrected chi connectivity index (χ3v) is 2.34. The van der Waals surface area contributed by atoms with E-state index in [2.05, 4.69) is 15.9 Å². The van der Waals surface area contributed by atoms with Crippen LogP contribution in [0.3, 0.4) is 0 Å². The van der Waals surface area contributed by atoms with Gasteiger partial charge in [0.05, 0.1) is 7.11 Å². The zero-order chi connectivity index (χ0) is 11.4. The van der Waals surface area contributed by atoms with Gasteiger partial charge in [-0.2, -0.15) is 0 Å². The third-order valence-electron chi connectivity index (χ3n) is 1.88. The highest BCUT2D eigenvalue weighted by Gasteiger charge is 2.14. The van der Waals surface area contributed by atoms with Gasteiger partial charge in [0.2, 0.25) is 0 Å². The lowest BCUT2D eigenvalue weighted by atomic mass is 10.1. The van der Waals surface area contributed by atoms with Gasteiger partial charge in [-0.05, 0) is 23.8 Å². The van der Waals surface area contributed by atoms with Crippen molar-refractivity contribution in [3.63, 3.8) is 0 Å². The highest BCUT2D eigenvalue weighted by atomic mass is 79.9. The summed E-state index contributed by atoms with van der Waals surface area (Å²) in [6.45, 7) is 0. The Hall–Kier alpha value is -1.07. The van der Waals surface area contributed by atoms with Gasteiger partial charge in [-0.1, -0.05) is 15.9 Å². The number of carboxylic acids is 1. The molecule has 1 unspecified atom stereocenters. The average molecular weight is 275 g/mol. The van der Waals surface area contributed by atoms with Gasteiger partial charge in [0, 0.05) is 10.9 Å². The zero-order valence-corrected chi connectivity index (χ0v) is 9.69. The Kier molecular flexibility index (Phi) is 4.11. The summed E-state index contributed by atoms with van der Waals surface area (Å²) < 4.78 is 5.81. The fourth-order valence-electron chi connectivity index (χ4n) is 1.17. The summed E-state index contributed by atoms with van der Waals surface area (Å²) in [6, 6.07) is 5.20. The van der Waals surface area contributed by atoms with Gasteiger partial charge >= 0.3 is 5.97 Å². The van der Waals surface area contributed by atoms with Crippen LogP contribution in [0.1, 0.15) is 5.56 Å².